The van der Waals surface area contributed by atoms with Gasteiger partial charge in [0.05, 0.1) is 10.00 Å². The van der Waals surface area contributed by atoms with Crippen LogP contribution >= 0.6 is 11.8 Å². The third-order valence-corrected chi connectivity index (χ3v) is 5.01. The molecule has 0 saturated heterocycles. The average molecular weight is 260 g/mol. The Balaban J connectivity index is 4.89. The van der Waals surface area contributed by atoms with Gasteiger partial charge in [0.15, 0.2) is 0 Å². The summed E-state index contributed by atoms with van der Waals surface area (Å²) in [7, 11) is 0. The van der Waals surface area contributed by atoms with Crippen LogP contribution in [0, 0.1) is 0 Å². The molecule has 0 aliphatic rings. The highest BCUT2D eigenvalue weighted by atomic mass is 32.2. The van der Waals surface area contributed by atoms with E-state index in [4.69, 9.17) is 11.5 Å². The maximum atomic E-state index is 11.7. The van der Waals surface area contributed by atoms with Gasteiger partial charge in [-0.15, -0.1) is 11.8 Å². The second-order valence-corrected chi connectivity index (χ2v) is 5.82. The lowest BCUT2D eigenvalue weighted by molar-refractivity contribution is -0.120. The summed E-state index contributed by atoms with van der Waals surface area (Å²) in [5.41, 5.74) is 10.8. The summed E-state index contributed by atoms with van der Waals surface area (Å²) in [6, 6.07) is 0. The molecule has 0 heterocycles. The Morgan fingerprint density at radius 2 is 1.82 bits per heavy atom. The van der Waals surface area contributed by atoms with Crippen LogP contribution in [-0.4, -0.2) is 21.8 Å². The molecule has 4 N–H and O–H groups in total. The van der Waals surface area contributed by atoms with Gasteiger partial charge in [-0.2, -0.15) is 0 Å². The normalized spacial score (nSPS) is 16.2. The minimum Gasteiger partial charge on any atom is -0.369 e. The molecule has 2 atom stereocenters. The first-order valence-corrected chi connectivity index (χ1v) is 7.08. The summed E-state index contributed by atoms with van der Waals surface area (Å²) < 4.78 is -0.647. The van der Waals surface area contributed by atoms with Crippen molar-refractivity contribution in [3.8, 4) is 0 Å². The summed E-state index contributed by atoms with van der Waals surface area (Å²) in [5, 5.41) is -0.334. The van der Waals surface area contributed by atoms with Gasteiger partial charge in [0.2, 0.25) is 11.8 Å². The second kappa shape index (κ2) is 7.58. The Labute approximate surface area is 108 Å². The Morgan fingerprint density at radius 3 is 2.12 bits per heavy atom. The maximum absolute atomic E-state index is 11.7. The molecule has 0 rings (SSSR count). The molecule has 0 saturated carbocycles. The highest BCUT2D eigenvalue weighted by Crippen LogP contribution is 2.38. The van der Waals surface area contributed by atoms with Crippen molar-refractivity contribution < 1.29 is 9.59 Å². The van der Waals surface area contributed by atoms with E-state index in [2.05, 4.69) is 6.92 Å². The number of amides is 2. The van der Waals surface area contributed by atoms with Crippen LogP contribution in [0.1, 0.15) is 52.9 Å². The zero-order valence-corrected chi connectivity index (χ0v) is 11.8. The summed E-state index contributed by atoms with van der Waals surface area (Å²) in [6.45, 7) is 5.89. The van der Waals surface area contributed by atoms with E-state index in [9.17, 15) is 9.59 Å². The average Bonchev–Trinajstić information content (AvgIpc) is 2.29. The summed E-state index contributed by atoms with van der Waals surface area (Å²) in [5.74, 6) is -0.703. The van der Waals surface area contributed by atoms with Gasteiger partial charge >= 0.3 is 0 Å². The number of carbonyl (C=O) groups excluding carboxylic acids is 2. The van der Waals surface area contributed by atoms with E-state index in [0.29, 0.717) is 19.3 Å². The highest BCUT2D eigenvalue weighted by molar-refractivity contribution is 8.02. The number of nitrogens with two attached hydrogens (primary N) is 2. The zero-order valence-electron chi connectivity index (χ0n) is 11.0. The van der Waals surface area contributed by atoms with Crippen LogP contribution in [0.15, 0.2) is 0 Å². The monoisotopic (exact) mass is 260 g/mol. The van der Waals surface area contributed by atoms with Crippen molar-refractivity contribution >= 4 is 23.6 Å². The van der Waals surface area contributed by atoms with Gasteiger partial charge in [-0.05, 0) is 19.3 Å². The van der Waals surface area contributed by atoms with Crippen LogP contribution in [0.25, 0.3) is 0 Å². The van der Waals surface area contributed by atoms with E-state index in [-0.39, 0.29) is 17.1 Å². The summed E-state index contributed by atoms with van der Waals surface area (Å²) in [6.07, 6.45) is 3.91. The van der Waals surface area contributed by atoms with Gasteiger partial charge in [-0.1, -0.05) is 33.6 Å². The summed E-state index contributed by atoms with van der Waals surface area (Å²) in [4.78, 5) is 23.0. The molecular weight excluding hydrogens is 236 g/mol. The van der Waals surface area contributed by atoms with Crippen LogP contribution in [0.4, 0.5) is 0 Å². The molecular formula is C12H24N2O2S. The highest BCUT2D eigenvalue weighted by Gasteiger charge is 2.38. The molecule has 5 heteroatoms. The van der Waals surface area contributed by atoms with Crippen molar-refractivity contribution in [2.24, 2.45) is 11.5 Å². The van der Waals surface area contributed by atoms with E-state index in [1.54, 1.807) is 0 Å². The molecule has 0 radical (unpaired) electrons. The topological polar surface area (TPSA) is 86.2 Å². The van der Waals surface area contributed by atoms with Gasteiger partial charge < -0.3 is 11.5 Å². The number of unbranched alkanes of at least 4 members (excludes halogenated alkanes) is 1. The lowest BCUT2D eigenvalue weighted by atomic mass is 9.97. The molecule has 0 aliphatic carbocycles. The Kier molecular flexibility index (Phi) is 7.27. The van der Waals surface area contributed by atoms with Crippen LogP contribution in [-0.2, 0) is 9.59 Å². The van der Waals surface area contributed by atoms with Gasteiger partial charge in [-0.3, -0.25) is 9.59 Å². The minimum absolute atomic E-state index is 0.334. The van der Waals surface area contributed by atoms with Crippen molar-refractivity contribution in [1.29, 1.82) is 0 Å². The maximum Gasteiger partial charge on any atom is 0.233 e. The Morgan fingerprint density at radius 1 is 1.24 bits per heavy atom. The van der Waals surface area contributed by atoms with Gasteiger partial charge in [0.25, 0.3) is 0 Å². The first-order chi connectivity index (χ1) is 7.93. The first-order valence-electron chi connectivity index (χ1n) is 6.20. The van der Waals surface area contributed by atoms with E-state index >= 15 is 0 Å². The molecule has 0 spiro atoms. The number of thioether (sulfide) groups is 1. The fraction of sp³-hybridized carbons (Fsp3) is 0.833. The van der Waals surface area contributed by atoms with Crippen LogP contribution in [0.5, 0.6) is 0 Å². The lowest BCUT2D eigenvalue weighted by Gasteiger charge is -2.31. The molecule has 0 aromatic heterocycles. The van der Waals surface area contributed by atoms with Crippen molar-refractivity contribution in [3.05, 3.63) is 0 Å². The molecule has 4 nitrogen and oxygen atoms in total. The Bertz CT molecular complexity index is 271. The van der Waals surface area contributed by atoms with E-state index in [1.165, 1.54) is 11.8 Å². The van der Waals surface area contributed by atoms with E-state index in [0.717, 1.165) is 12.8 Å². The molecule has 0 fully saturated rings. The lowest BCUT2D eigenvalue weighted by Crippen LogP contribution is -2.43. The third-order valence-electron chi connectivity index (χ3n) is 3.01. The van der Waals surface area contributed by atoms with Crippen molar-refractivity contribution in [2.45, 2.75) is 62.9 Å². The largest absolute Gasteiger partial charge is 0.369 e. The fourth-order valence-electron chi connectivity index (χ4n) is 1.75. The number of rotatable bonds is 9. The molecule has 0 aromatic rings. The second-order valence-electron chi connectivity index (χ2n) is 4.23. The number of hydrogen-bond acceptors (Lipinski definition) is 3. The zero-order chi connectivity index (χ0) is 13.5. The first kappa shape index (κ1) is 16.3. The molecule has 0 aliphatic heterocycles. The third kappa shape index (κ3) is 4.58. The minimum atomic E-state index is -0.647. The van der Waals surface area contributed by atoms with Crippen LogP contribution in [0.2, 0.25) is 0 Å². The quantitative estimate of drug-likeness (QED) is 0.663. The van der Waals surface area contributed by atoms with E-state index in [1.807, 2.05) is 13.8 Å². The molecule has 0 unspecified atom stereocenters. The van der Waals surface area contributed by atoms with Gasteiger partial charge in [-0.25, -0.2) is 0 Å². The van der Waals surface area contributed by atoms with Gasteiger partial charge in [0.1, 0.15) is 0 Å². The molecule has 0 bridgehead atoms. The molecule has 17 heavy (non-hydrogen) atoms. The predicted molar refractivity (Wildman–Crippen MR) is 72.6 cm³/mol. The SMILES string of the molecule is CCCC[C@@](CC)(S[C@@H](CC)C(N)=O)C(N)=O. The number of primary amides is 2. The van der Waals surface area contributed by atoms with Gasteiger partial charge in [0, 0.05) is 0 Å². The number of carbonyl (C=O) groups is 2. The van der Waals surface area contributed by atoms with Crippen LogP contribution < -0.4 is 11.5 Å². The van der Waals surface area contributed by atoms with E-state index < -0.39 is 4.75 Å². The molecule has 100 valence electrons. The van der Waals surface area contributed by atoms with Crippen LogP contribution in [0.3, 0.4) is 0 Å². The number of hydrogen-bond donors (Lipinski definition) is 2. The Hall–Kier alpha value is -0.710. The standard InChI is InChI=1S/C12H24N2O2S/c1-4-7-8-12(6-3,11(14)16)17-9(5-2)10(13)15/h9H,4-8H2,1-3H3,(H2,13,15)(H2,14,16)/t9-,12+/m0/s1. The summed E-state index contributed by atoms with van der Waals surface area (Å²) >= 11 is 1.34. The van der Waals surface area contributed by atoms with Crippen molar-refractivity contribution in [2.75, 3.05) is 0 Å². The smallest absolute Gasteiger partial charge is 0.233 e. The van der Waals surface area contributed by atoms with Crippen molar-refractivity contribution in [3.63, 3.8) is 0 Å². The van der Waals surface area contributed by atoms with Crippen molar-refractivity contribution in [1.82, 2.24) is 0 Å². The fourth-order valence-corrected chi connectivity index (χ4v) is 3.12. The predicted octanol–water partition coefficient (Wildman–Crippen LogP) is 1.81. The molecule has 0 aromatic carbocycles. The molecule has 2 amide bonds.